The average molecular weight is 345 g/mol. The molecule has 1 aliphatic rings. The quantitative estimate of drug-likeness (QED) is 0.825. The Hall–Kier alpha value is -1.85. The first-order chi connectivity index (χ1) is 11.5. The molecule has 0 radical (unpaired) electrons. The molecule has 3 rings (SSSR count). The predicted molar refractivity (Wildman–Crippen MR) is 94.7 cm³/mol. The van der Waals surface area contributed by atoms with Gasteiger partial charge in [0.1, 0.15) is 5.75 Å². The average Bonchev–Trinajstić information content (AvgIpc) is 3.06. The van der Waals surface area contributed by atoms with E-state index in [1.54, 1.807) is 28.6 Å². The molecule has 0 N–H and O–H groups in total. The number of hydrogen-bond acceptors (Lipinski definition) is 3. The summed E-state index contributed by atoms with van der Waals surface area (Å²) in [4.78, 5) is 0.325. The first kappa shape index (κ1) is 17.0. The minimum atomic E-state index is -3.50. The van der Waals surface area contributed by atoms with Crippen molar-refractivity contribution in [2.24, 2.45) is 0 Å². The first-order valence-corrected chi connectivity index (χ1v) is 9.77. The maximum absolute atomic E-state index is 13.1. The number of aryl methyl sites for hydroxylation is 1. The summed E-state index contributed by atoms with van der Waals surface area (Å²) >= 11 is 0. The van der Waals surface area contributed by atoms with Crippen LogP contribution in [-0.2, 0) is 10.0 Å². The van der Waals surface area contributed by atoms with Crippen LogP contribution in [-0.4, -0.2) is 25.9 Å². The Morgan fingerprint density at radius 3 is 2.58 bits per heavy atom. The molecular formula is C19H23NO3S. The minimum Gasteiger partial charge on any atom is -0.494 e. The fourth-order valence-electron chi connectivity index (χ4n) is 3.25. The molecule has 1 heterocycles. The Labute approximate surface area is 144 Å². The topological polar surface area (TPSA) is 46.6 Å². The summed E-state index contributed by atoms with van der Waals surface area (Å²) in [5.41, 5.74) is 2.22. The van der Waals surface area contributed by atoms with Crippen LogP contribution in [0.3, 0.4) is 0 Å². The Balaban J connectivity index is 1.90. The summed E-state index contributed by atoms with van der Waals surface area (Å²) in [6, 6.07) is 14.7. The van der Waals surface area contributed by atoms with E-state index in [1.165, 1.54) is 0 Å². The lowest BCUT2D eigenvalue weighted by atomic mass is 10.0. The number of benzene rings is 2. The summed E-state index contributed by atoms with van der Waals surface area (Å²) in [6.07, 6.45) is 1.74. The van der Waals surface area contributed by atoms with E-state index in [4.69, 9.17) is 4.74 Å². The highest BCUT2D eigenvalue weighted by Crippen LogP contribution is 2.37. The molecule has 1 fully saturated rings. The molecule has 4 nitrogen and oxygen atoms in total. The number of sulfonamides is 1. The van der Waals surface area contributed by atoms with Gasteiger partial charge in [0, 0.05) is 6.54 Å². The van der Waals surface area contributed by atoms with Crippen molar-refractivity contribution in [1.82, 2.24) is 4.31 Å². The van der Waals surface area contributed by atoms with Crippen LogP contribution in [0.15, 0.2) is 53.4 Å². The van der Waals surface area contributed by atoms with E-state index >= 15 is 0 Å². The third-order valence-electron chi connectivity index (χ3n) is 4.37. The van der Waals surface area contributed by atoms with Crippen molar-refractivity contribution in [3.05, 3.63) is 59.7 Å². The maximum atomic E-state index is 13.1. The molecule has 0 aromatic heterocycles. The van der Waals surface area contributed by atoms with E-state index in [0.29, 0.717) is 23.8 Å². The van der Waals surface area contributed by atoms with E-state index in [0.717, 1.165) is 24.0 Å². The van der Waals surface area contributed by atoms with Crippen LogP contribution in [0.2, 0.25) is 0 Å². The predicted octanol–water partition coefficient (Wildman–Crippen LogP) is 3.92. The zero-order valence-electron chi connectivity index (χ0n) is 14.1. The number of hydrogen-bond donors (Lipinski definition) is 0. The third-order valence-corrected chi connectivity index (χ3v) is 6.29. The standard InChI is InChI=1S/C19H23NO3S/c1-3-23-17-9-11-18(12-10-17)24(21,22)20-13-5-8-19(20)16-7-4-6-15(2)14-16/h4,6-7,9-12,14,19H,3,5,8,13H2,1-2H3/t19-/m0/s1. The van der Waals surface area contributed by atoms with Crippen LogP contribution in [0.5, 0.6) is 5.75 Å². The lowest BCUT2D eigenvalue weighted by molar-refractivity contribution is 0.340. The maximum Gasteiger partial charge on any atom is 0.243 e. The van der Waals surface area contributed by atoms with Gasteiger partial charge in [0.25, 0.3) is 0 Å². The fraction of sp³-hybridized carbons (Fsp3) is 0.368. The zero-order valence-corrected chi connectivity index (χ0v) is 14.9. The molecule has 0 saturated carbocycles. The van der Waals surface area contributed by atoms with Gasteiger partial charge in [0.15, 0.2) is 0 Å². The van der Waals surface area contributed by atoms with Crippen molar-refractivity contribution >= 4 is 10.0 Å². The number of rotatable bonds is 5. The van der Waals surface area contributed by atoms with Crippen molar-refractivity contribution in [1.29, 1.82) is 0 Å². The second kappa shape index (κ2) is 6.95. The van der Waals surface area contributed by atoms with Crippen LogP contribution >= 0.6 is 0 Å². The highest BCUT2D eigenvalue weighted by Gasteiger charge is 2.36. The van der Waals surface area contributed by atoms with Gasteiger partial charge in [-0.25, -0.2) is 8.42 Å². The summed E-state index contributed by atoms with van der Waals surface area (Å²) < 4.78 is 33.1. The largest absolute Gasteiger partial charge is 0.494 e. The minimum absolute atomic E-state index is 0.0820. The molecule has 0 aliphatic carbocycles. The monoisotopic (exact) mass is 345 g/mol. The van der Waals surface area contributed by atoms with Gasteiger partial charge < -0.3 is 4.74 Å². The second-order valence-electron chi connectivity index (χ2n) is 6.09. The lowest BCUT2D eigenvalue weighted by Crippen LogP contribution is -2.30. The van der Waals surface area contributed by atoms with Crippen LogP contribution in [0.25, 0.3) is 0 Å². The van der Waals surface area contributed by atoms with E-state index in [-0.39, 0.29) is 6.04 Å². The Kier molecular flexibility index (Phi) is 4.92. The third kappa shape index (κ3) is 3.32. The Bertz CT molecular complexity index is 800. The van der Waals surface area contributed by atoms with Crippen molar-refractivity contribution in [3.8, 4) is 5.75 Å². The molecule has 0 spiro atoms. The molecule has 1 aliphatic heterocycles. The summed E-state index contributed by atoms with van der Waals surface area (Å²) in [6.45, 7) is 5.06. The molecule has 2 aromatic rings. The Morgan fingerprint density at radius 1 is 1.17 bits per heavy atom. The van der Waals surface area contributed by atoms with Crippen molar-refractivity contribution in [3.63, 3.8) is 0 Å². The van der Waals surface area contributed by atoms with Gasteiger partial charge in [-0.15, -0.1) is 0 Å². The zero-order chi connectivity index (χ0) is 17.2. The second-order valence-corrected chi connectivity index (χ2v) is 7.98. The first-order valence-electron chi connectivity index (χ1n) is 8.33. The highest BCUT2D eigenvalue weighted by molar-refractivity contribution is 7.89. The van der Waals surface area contributed by atoms with Crippen LogP contribution in [0, 0.1) is 6.92 Å². The molecule has 0 unspecified atom stereocenters. The molecule has 0 amide bonds. The van der Waals surface area contributed by atoms with Crippen LogP contribution in [0.1, 0.15) is 36.9 Å². The van der Waals surface area contributed by atoms with Gasteiger partial charge in [-0.3, -0.25) is 0 Å². The van der Waals surface area contributed by atoms with Gasteiger partial charge >= 0.3 is 0 Å². The normalized spacial score (nSPS) is 18.7. The Morgan fingerprint density at radius 2 is 1.92 bits per heavy atom. The molecular weight excluding hydrogens is 322 g/mol. The van der Waals surface area contributed by atoms with Crippen LogP contribution < -0.4 is 4.74 Å². The lowest BCUT2D eigenvalue weighted by Gasteiger charge is -2.25. The van der Waals surface area contributed by atoms with E-state index in [9.17, 15) is 8.42 Å². The SMILES string of the molecule is CCOc1ccc(S(=O)(=O)N2CCC[C@H]2c2cccc(C)c2)cc1. The van der Waals surface area contributed by atoms with Gasteiger partial charge in [-0.2, -0.15) is 4.31 Å². The van der Waals surface area contributed by atoms with E-state index < -0.39 is 10.0 Å². The summed E-state index contributed by atoms with van der Waals surface area (Å²) in [5, 5.41) is 0. The van der Waals surface area contributed by atoms with Crippen molar-refractivity contribution in [2.45, 2.75) is 37.6 Å². The molecule has 128 valence electrons. The molecule has 24 heavy (non-hydrogen) atoms. The van der Waals surface area contributed by atoms with Gasteiger partial charge in [0.05, 0.1) is 17.5 Å². The van der Waals surface area contributed by atoms with E-state index in [2.05, 4.69) is 6.07 Å². The number of nitrogens with zero attached hydrogens (tertiary/aromatic N) is 1. The smallest absolute Gasteiger partial charge is 0.243 e. The molecule has 1 atom stereocenters. The van der Waals surface area contributed by atoms with Crippen molar-refractivity contribution < 1.29 is 13.2 Å². The molecule has 1 saturated heterocycles. The number of ether oxygens (including phenoxy) is 1. The van der Waals surface area contributed by atoms with Gasteiger partial charge in [-0.05, 0) is 56.5 Å². The van der Waals surface area contributed by atoms with Crippen molar-refractivity contribution in [2.75, 3.05) is 13.2 Å². The van der Waals surface area contributed by atoms with Gasteiger partial charge in [0.2, 0.25) is 10.0 Å². The molecule has 5 heteroatoms. The molecule has 2 aromatic carbocycles. The summed E-state index contributed by atoms with van der Waals surface area (Å²) in [5.74, 6) is 0.688. The summed E-state index contributed by atoms with van der Waals surface area (Å²) in [7, 11) is -3.50. The van der Waals surface area contributed by atoms with Crippen LogP contribution in [0.4, 0.5) is 0 Å². The fourth-order valence-corrected chi connectivity index (χ4v) is 4.93. The molecule has 0 bridgehead atoms. The highest BCUT2D eigenvalue weighted by atomic mass is 32.2. The van der Waals surface area contributed by atoms with E-state index in [1.807, 2.05) is 32.0 Å². The van der Waals surface area contributed by atoms with Gasteiger partial charge in [-0.1, -0.05) is 29.8 Å².